The Kier molecular flexibility index (Phi) is 3.16. The van der Waals surface area contributed by atoms with Gasteiger partial charge < -0.3 is 10.4 Å². The molecule has 2 atom stereocenters. The van der Waals surface area contributed by atoms with E-state index in [4.69, 9.17) is 17.3 Å². The summed E-state index contributed by atoms with van der Waals surface area (Å²) < 4.78 is 12.0. The van der Waals surface area contributed by atoms with Gasteiger partial charge in [-0.15, -0.1) is 0 Å². The minimum absolute atomic E-state index is 0.0477. The average molecular weight is 206 g/mol. The first-order valence-corrected chi connectivity index (χ1v) is 4.34. The van der Waals surface area contributed by atoms with Gasteiger partial charge in [0.15, 0.2) is 5.11 Å². The monoisotopic (exact) mass is 206 g/mol. The minimum Gasteiger partial charge on any atom is -0.391 e. The fraction of sp³-hybridized carbons (Fsp3) is 0.714. The van der Waals surface area contributed by atoms with Gasteiger partial charge >= 0.3 is 0 Å². The lowest BCUT2D eigenvalue weighted by molar-refractivity contribution is -0.129. The Morgan fingerprint density at radius 1 is 1.85 bits per heavy atom. The largest absolute Gasteiger partial charge is 0.391 e. The van der Waals surface area contributed by atoms with Crippen LogP contribution in [-0.4, -0.2) is 46.4 Å². The molecule has 1 heterocycles. The SMILES string of the molecule is CC(O)C1NC(=S)N(CCF)C1=O. The van der Waals surface area contributed by atoms with Crippen LogP contribution in [0.1, 0.15) is 6.92 Å². The van der Waals surface area contributed by atoms with Gasteiger partial charge in [-0.3, -0.25) is 9.69 Å². The van der Waals surface area contributed by atoms with Crippen LogP contribution in [0.3, 0.4) is 0 Å². The molecule has 0 radical (unpaired) electrons. The normalized spacial score (nSPS) is 24.8. The number of amides is 1. The number of aliphatic hydroxyl groups excluding tert-OH is 1. The van der Waals surface area contributed by atoms with E-state index in [0.29, 0.717) is 0 Å². The lowest BCUT2D eigenvalue weighted by atomic mass is 10.2. The van der Waals surface area contributed by atoms with Gasteiger partial charge in [-0.05, 0) is 19.1 Å². The van der Waals surface area contributed by atoms with Crippen molar-refractivity contribution in [1.82, 2.24) is 10.2 Å². The maximum atomic E-state index is 12.0. The Morgan fingerprint density at radius 3 is 2.85 bits per heavy atom. The van der Waals surface area contributed by atoms with Gasteiger partial charge in [0.1, 0.15) is 12.7 Å². The number of hydrogen-bond donors (Lipinski definition) is 2. The van der Waals surface area contributed by atoms with E-state index >= 15 is 0 Å². The third-order valence-electron chi connectivity index (χ3n) is 1.85. The summed E-state index contributed by atoms with van der Waals surface area (Å²) in [5, 5.41) is 12.0. The van der Waals surface area contributed by atoms with Crippen molar-refractivity contribution in [3.63, 3.8) is 0 Å². The van der Waals surface area contributed by atoms with E-state index in [2.05, 4.69) is 5.32 Å². The van der Waals surface area contributed by atoms with Crippen LogP contribution in [0.25, 0.3) is 0 Å². The van der Waals surface area contributed by atoms with Crippen molar-refractivity contribution in [2.75, 3.05) is 13.2 Å². The molecule has 4 nitrogen and oxygen atoms in total. The molecule has 1 aliphatic rings. The van der Waals surface area contributed by atoms with Gasteiger partial charge in [0.2, 0.25) is 0 Å². The molecule has 6 heteroatoms. The summed E-state index contributed by atoms with van der Waals surface area (Å²) in [6, 6.07) is -0.723. The number of halogens is 1. The average Bonchev–Trinajstić information content (AvgIpc) is 2.32. The van der Waals surface area contributed by atoms with E-state index < -0.39 is 18.8 Å². The van der Waals surface area contributed by atoms with E-state index in [1.807, 2.05) is 0 Å². The van der Waals surface area contributed by atoms with E-state index in [1.54, 1.807) is 0 Å². The molecule has 0 aromatic rings. The smallest absolute Gasteiger partial charge is 0.254 e. The second kappa shape index (κ2) is 3.97. The first-order valence-electron chi connectivity index (χ1n) is 3.94. The zero-order chi connectivity index (χ0) is 10.0. The van der Waals surface area contributed by atoms with Crippen LogP contribution in [0.5, 0.6) is 0 Å². The Hall–Kier alpha value is -0.750. The predicted molar refractivity (Wildman–Crippen MR) is 48.9 cm³/mol. The molecule has 1 aliphatic heterocycles. The summed E-state index contributed by atoms with van der Waals surface area (Å²) in [6.07, 6.45) is -0.824. The fourth-order valence-electron chi connectivity index (χ4n) is 1.16. The number of nitrogens with zero attached hydrogens (tertiary/aromatic N) is 1. The predicted octanol–water partition coefficient (Wildman–Crippen LogP) is -0.578. The lowest BCUT2D eigenvalue weighted by Gasteiger charge is -2.12. The van der Waals surface area contributed by atoms with E-state index in [1.165, 1.54) is 6.92 Å². The molecule has 74 valence electrons. The molecule has 1 amide bonds. The van der Waals surface area contributed by atoms with Gasteiger partial charge in [-0.1, -0.05) is 0 Å². The number of nitrogens with one attached hydrogen (secondary N) is 1. The molecular weight excluding hydrogens is 195 g/mol. The number of alkyl halides is 1. The van der Waals surface area contributed by atoms with Crippen molar-refractivity contribution in [1.29, 1.82) is 0 Å². The molecule has 0 bridgehead atoms. The van der Waals surface area contributed by atoms with Gasteiger partial charge in [-0.2, -0.15) is 0 Å². The summed E-state index contributed by atoms with van der Waals surface area (Å²) in [5.74, 6) is -0.363. The highest BCUT2D eigenvalue weighted by Crippen LogP contribution is 2.09. The summed E-state index contributed by atoms with van der Waals surface area (Å²) >= 11 is 4.80. The van der Waals surface area contributed by atoms with Crippen LogP contribution >= 0.6 is 12.2 Å². The molecule has 2 unspecified atom stereocenters. The highest BCUT2D eigenvalue weighted by molar-refractivity contribution is 7.80. The lowest BCUT2D eigenvalue weighted by Crippen LogP contribution is -2.39. The summed E-state index contributed by atoms with van der Waals surface area (Å²) in [6.45, 7) is 0.797. The first kappa shape index (κ1) is 10.3. The van der Waals surface area contributed by atoms with Crippen molar-refractivity contribution in [3.8, 4) is 0 Å². The van der Waals surface area contributed by atoms with Crippen LogP contribution in [-0.2, 0) is 4.79 Å². The third kappa shape index (κ3) is 1.94. The van der Waals surface area contributed by atoms with Crippen molar-refractivity contribution in [3.05, 3.63) is 0 Å². The van der Waals surface area contributed by atoms with E-state index in [9.17, 15) is 9.18 Å². The second-order valence-corrected chi connectivity index (χ2v) is 3.23. The van der Waals surface area contributed by atoms with E-state index in [0.717, 1.165) is 4.90 Å². The summed E-state index contributed by atoms with van der Waals surface area (Å²) in [5.41, 5.74) is 0. The number of thiocarbonyl (C=S) groups is 1. The van der Waals surface area contributed by atoms with Gasteiger partial charge in [0, 0.05) is 0 Å². The topological polar surface area (TPSA) is 52.6 Å². The molecule has 1 saturated heterocycles. The van der Waals surface area contributed by atoms with Crippen LogP contribution in [0.15, 0.2) is 0 Å². The minimum atomic E-state index is -0.824. The number of rotatable bonds is 3. The Morgan fingerprint density at radius 2 is 2.46 bits per heavy atom. The van der Waals surface area contributed by atoms with Gasteiger partial charge in [0.05, 0.1) is 12.6 Å². The van der Waals surface area contributed by atoms with Crippen LogP contribution < -0.4 is 5.32 Å². The Labute approximate surface area is 80.7 Å². The summed E-state index contributed by atoms with van der Waals surface area (Å²) in [7, 11) is 0. The zero-order valence-corrected chi connectivity index (χ0v) is 7.97. The van der Waals surface area contributed by atoms with Gasteiger partial charge in [0.25, 0.3) is 5.91 Å². The molecular formula is C7H11FN2O2S. The van der Waals surface area contributed by atoms with Crippen LogP contribution in [0.4, 0.5) is 4.39 Å². The van der Waals surface area contributed by atoms with E-state index in [-0.39, 0.29) is 17.6 Å². The second-order valence-electron chi connectivity index (χ2n) is 2.85. The van der Waals surface area contributed by atoms with Crippen molar-refractivity contribution >= 4 is 23.2 Å². The van der Waals surface area contributed by atoms with Gasteiger partial charge in [-0.25, -0.2) is 4.39 Å². The highest BCUT2D eigenvalue weighted by Gasteiger charge is 2.37. The molecule has 0 saturated carbocycles. The van der Waals surface area contributed by atoms with Crippen LogP contribution in [0, 0.1) is 0 Å². The maximum Gasteiger partial charge on any atom is 0.254 e. The quantitative estimate of drug-likeness (QED) is 0.607. The molecule has 0 aliphatic carbocycles. The van der Waals surface area contributed by atoms with Crippen molar-refractivity contribution < 1.29 is 14.3 Å². The molecule has 1 fully saturated rings. The Bertz CT molecular complexity index is 235. The third-order valence-corrected chi connectivity index (χ3v) is 2.18. The summed E-state index contributed by atoms with van der Waals surface area (Å²) in [4.78, 5) is 12.5. The standard InChI is InChI=1S/C7H11FN2O2S/c1-4(11)5-6(12)10(3-2-8)7(13)9-5/h4-5,11H,2-3H2,1H3,(H,9,13). The first-order chi connectivity index (χ1) is 6.07. The molecule has 13 heavy (non-hydrogen) atoms. The van der Waals surface area contributed by atoms with Crippen molar-refractivity contribution in [2.45, 2.75) is 19.1 Å². The highest BCUT2D eigenvalue weighted by atomic mass is 32.1. The number of aliphatic hydroxyl groups is 1. The number of hydrogen-bond acceptors (Lipinski definition) is 3. The molecule has 0 aromatic carbocycles. The maximum absolute atomic E-state index is 12.0. The van der Waals surface area contributed by atoms with Crippen molar-refractivity contribution in [2.24, 2.45) is 0 Å². The molecule has 1 rings (SSSR count). The zero-order valence-electron chi connectivity index (χ0n) is 7.16. The molecule has 2 N–H and O–H groups in total. The molecule has 0 spiro atoms. The van der Waals surface area contributed by atoms with Crippen LogP contribution in [0.2, 0.25) is 0 Å². The number of carbonyl (C=O) groups is 1. The fourth-order valence-corrected chi connectivity index (χ4v) is 1.47. The number of carbonyl (C=O) groups excluding carboxylic acids is 1. The molecule has 0 aromatic heterocycles. The Balaban J connectivity index is 2.69.